The average Bonchev–Trinajstić information content (AvgIpc) is 3.06. The normalized spacial score (nSPS) is 33.8. The zero-order valence-corrected chi connectivity index (χ0v) is 11.0. The van der Waals surface area contributed by atoms with Crippen LogP contribution in [0.1, 0.15) is 50.9 Å². The lowest BCUT2D eigenvalue weighted by Crippen LogP contribution is -2.40. The van der Waals surface area contributed by atoms with Crippen molar-refractivity contribution >= 4 is 0 Å². The highest BCUT2D eigenvalue weighted by atomic mass is 16.4. The molecule has 0 saturated heterocycles. The summed E-state index contributed by atoms with van der Waals surface area (Å²) in [6, 6.07) is 4.69. The van der Waals surface area contributed by atoms with Gasteiger partial charge >= 0.3 is 0 Å². The number of rotatable bonds is 5. The number of aliphatic hydroxyl groups is 1. The van der Waals surface area contributed by atoms with Crippen LogP contribution < -0.4 is 5.32 Å². The van der Waals surface area contributed by atoms with Crippen LogP contribution in [0.4, 0.5) is 0 Å². The molecule has 3 rings (SSSR count). The van der Waals surface area contributed by atoms with Gasteiger partial charge in [0.05, 0.1) is 6.26 Å². The van der Waals surface area contributed by atoms with Crippen molar-refractivity contribution in [3.05, 3.63) is 24.2 Å². The molecular formula is C15H23NO2. The minimum Gasteiger partial charge on any atom is -0.467 e. The molecule has 2 saturated carbocycles. The molecule has 0 amide bonds. The van der Waals surface area contributed by atoms with Gasteiger partial charge in [-0.3, -0.25) is 0 Å². The molecule has 2 aliphatic rings. The number of hydrogen-bond donors (Lipinski definition) is 2. The summed E-state index contributed by atoms with van der Waals surface area (Å²) < 4.78 is 5.24. The van der Waals surface area contributed by atoms with Gasteiger partial charge in [0.1, 0.15) is 11.9 Å². The molecule has 5 atom stereocenters. The first-order chi connectivity index (χ1) is 8.72. The van der Waals surface area contributed by atoms with Gasteiger partial charge < -0.3 is 14.8 Å². The average molecular weight is 249 g/mol. The molecule has 2 bridgehead atoms. The number of hydrogen-bond acceptors (Lipinski definition) is 3. The zero-order chi connectivity index (χ0) is 12.5. The van der Waals surface area contributed by atoms with Gasteiger partial charge in [-0.1, -0.05) is 6.42 Å². The van der Waals surface area contributed by atoms with Gasteiger partial charge in [-0.25, -0.2) is 0 Å². The molecule has 0 radical (unpaired) electrons. The standard InChI is InChI=1S/C15H23NO2/c1-10(7-14(17)15-3-2-6-18-15)16-13-9-11-4-5-12(13)8-11/h2-3,6,10-14,16-17H,4-5,7-9H2,1H3. The Labute approximate surface area is 109 Å². The van der Waals surface area contributed by atoms with Crippen molar-refractivity contribution in [2.45, 2.75) is 57.2 Å². The molecule has 0 spiro atoms. The van der Waals surface area contributed by atoms with Crippen LogP contribution in [0, 0.1) is 11.8 Å². The third-order valence-electron chi connectivity index (χ3n) is 4.69. The number of furan rings is 1. The largest absolute Gasteiger partial charge is 0.467 e. The molecule has 3 nitrogen and oxygen atoms in total. The Balaban J connectivity index is 1.48. The van der Waals surface area contributed by atoms with Crippen LogP contribution >= 0.6 is 0 Å². The lowest BCUT2D eigenvalue weighted by atomic mass is 9.94. The van der Waals surface area contributed by atoms with E-state index in [1.165, 1.54) is 25.7 Å². The summed E-state index contributed by atoms with van der Waals surface area (Å²) in [5, 5.41) is 13.8. The van der Waals surface area contributed by atoms with Crippen LogP contribution in [-0.4, -0.2) is 17.2 Å². The molecule has 100 valence electrons. The number of nitrogens with one attached hydrogen (secondary N) is 1. The highest BCUT2D eigenvalue weighted by Crippen LogP contribution is 2.44. The van der Waals surface area contributed by atoms with E-state index >= 15 is 0 Å². The van der Waals surface area contributed by atoms with Gasteiger partial charge in [0.15, 0.2) is 0 Å². The summed E-state index contributed by atoms with van der Waals surface area (Å²) in [4.78, 5) is 0. The van der Waals surface area contributed by atoms with E-state index in [1.54, 1.807) is 6.26 Å². The van der Waals surface area contributed by atoms with E-state index in [0.29, 0.717) is 17.8 Å². The molecule has 3 heteroatoms. The highest BCUT2D eigenvalue weighted by molar-refractivity contribution is 5.02. The van der Waals surface area contributed by atoms with Crippen molar-refractivity contribution < 1.29 is 9.52 Å². The van der Waals surface area contributed by atoms with Crippen LogP contribution in [0.3, 0.4) is 0 Å². The fourth-order valence-electron chi connectivity index (χ4n) is 3.81. The second-order valence-corrected chi connectivity index (χ2v) is 6.12. The van der Waals surface area contributed by atoms with E-state index in [-0.39, 0.29) is 0 Å². The Bertz CT molecular complexity index is 376. The predicted octanol–water partition coefficient (Wildman–Crippen LogP) is 2.87. The summed E-state index contributed by atoms with van der Waals surface area (Å²) in [6.07, 6.45) is 7.45. The van der Waals surface area contributed by atoms with E-state index in [1.807, 2.05) is 12.1 Å². The fraction of sp³-hybridized carbons (Fsp3) is 0.733. The van der Waals surface area contributed by atoms with Crippen LogP contribution in [0.25, 0.3) is 0 Å². The third kappa shape index (κ3) is 2.47. The number of fused-ring (bicyclic) bond motifs is 2. The van der Waals surface area contributed by atoms with Crippen LogP contribution in [0.5, 0.6) is 0 Å². The minimum atomic E-state index is -0.485. The van der Waals surface area contributed by atoms with Crippen molar-refractivity contribution in [1.82, 2.24) is 5.32 Å². The lowest BCUT2D eigenvalue weighted by molar-refractivity contribution is 0.124. The fourth-order valence-corrected chi connectivity index (χ4v) is 3.81. The Kier molecular flexibility index (Phi) is 3.44. The molecule has 1 aromatic heterocycles. The van der Waals surface area contributed by atoms with Crippen LogP contribution in [-0.2, 0) is 0 Å². The maximum atomic E-state index is 10.1. The quantitative estimate of drug-likeness (QED) is 0.843. The third-order valence-corrected chi connectivity index (χ3v) is 4.69. The van der Waals surface area contributed by atoms with E-state index in [2.05, 4.69) is 12.2 Å². The summed E-state index contributed by atoms with van der Waals surface area (Å²) in [6.45, 7) is 2.16. The first-order valence-electron chi connectivity index (χ1n) is 7.20. The molecule has 0 aliphatic heterocycles. The van der Waals surface area contributed by atoms with Gasteiger partial charge in [0, 0.05) is 12.1 Å². The van der Waals surface area contributed by atoms with Gasteiger partial charge in [-0.05, 0) is 56.6 Å². The van der Waals surface area contributed by atoms with Crippen LogP contribution in [0.2, 0.25) is 0 Å². The summed E-state index contributed by atoms with van der Waals surface area (Å²) >= 11 is 0. The number of aliphatic hydroxyl groups excluding tert-OH is 1. The lowest BCUT2D eigenvalue weighted by Gasteiger charge is -2.27. The van der Waals surface area contributed by atoms with E-state index in [0.717, 1.165) is 18.3 Å². The zero-order valence-electron chi connectivity index (χ0n) is 11.0. The Hall–Kier alpha value is -0.800. The highest BCUT2D eigenvalue weighted by Gasteiger charge is 2.39. The predicted molar refractivity (Wildman–Crippen MR) is 70.1 cm³/mol. The van der Waals surface area contributed by atoms with Crippen molar-refractivity contribution in [3.8, 4) is 0 Å². The van der Waals surface area contributed by atoms with E-state index in [4.69, 9.17) is 4.42 Å². The first kappa shape index (κ1) is 12.2. The maximum absolute atomic E-state index is 10.1. The maximum Gasteiger partial charge on any atom is 0.132 e. The van der Waals surface area contributed by atoms with Crippen molar-refractivity contribution in [2.24, 2.45) is 11.8 Å². The Morgan fingerprint density at radius 1 is 1.44 bits per heavy atom. The molecule has 1 aromatic rings. The summed E-state index contributed by atoms with van der Waals surface area (Å²) in [7, 11) is 0. The molecule has 5 unspecified atom stereocenters. The Morgan fingerprint density at radius 3 is 2.94 bits per heavy atom. The molecular weight excluding hydrogens is 226 g/mol. The van der Waals surface area contributed by atoms with Gasteiger partial charge in [0.25, 0.3) is 0 Å². The smallest absolute Gasteiger partial charge is 0.132 e. The molecule has 0 aromatic carbocycles. The van der Waals surface area contributed by atoms with Crippen molar-refractivity contribution in [2.75, 3.05) is 0 Å². The molecule has 1 heterocycles. The Morgan fingerprint density at radius 2 is 2.33 bits per heavy atom. The second-order valence-electron chi connectivity index (χ2n) is 6.12. The topological polar surface area (TPSA) is 45.4 Å². The second kappa shape index (κ2) is 5.06. The minimum absolute atomic E-state index is 0.342. The summed E-state index contributed by atoms with van der Waals surface area (Å²) in [5.74, 6) is 2.53. The van der Waals surface area contributed by atoms with E-state index < -0.39 is 6.10 Å². The van der Waals surface area contributed by atoms with Crippen LogP contribution in [0.15, 0.2) is 22.8 Å². The van der Waals surface area contributed by atoms with Gasteiger partial charge in [-0.15, -0.1) is 0 Å². The monoisotopic (exact) mass is 249 g/mol. The van der Waals surface area contributed by atoms with Crippen molar-refractivity contribution in [1.29, 1.82) is 0 Å². The molecule has 2 aliphatic carbocycles. The van der Waals surface area contributed by atoms with Gasteiger partial charge in [0.2, 0.25) is 0 Å². The molecule has 18 heavy (non-hydrogen) atoms. The molecule has 2 N–H and O–H groups in total. The summed E-state index contributed by atoms with van der Waals surface area (Å²) in [5.41, 5.74) is 0. The van der Waals surface area contributed by atoms with Crippen molar-refractivity contribution in [3.63, 3.8) is 0 Å². The molecule has 2 fully saturated rings. The first-order valence-corrected chi connectivity index (χ1v) is 7.20. The SMILES string of the molecule is CC(CC(O)c1ccco1)NC1CC2CCC1C2. The van der Waals surface area contributed by atoms with Gasteiger partial charge in [-0.2, -0.15) is 0 Å². The van der Waals surface area contributed by atoms with E-state index in [9.17, 15) is 5.11 Å².